The van der Waals surface area contributed by atoms with E-state index in [9.17, 15) is 0 Å². The first-order valence-corrected chi connectivity index (χ1v) is 5.03. The van der Waals surface area contributed by atoms with Gasteiger partial charge in [-0.05, 0) is 35.2 Å². The lowest BCUT2D eigenvalue weighted by atomic mass is 10.2. The molecule has 1 aliphatic rings. The first kappa shape index (κ1) is 9.86. The molecule has 70 valence electrons. The standard InChI is InChI=1S/C8H15BrN2O/c1-10-7(9)6-11-8-4-2-3-5-12-8/h6,8,10-11H,2-5H2,1H3/b7-6-. The zero-order valence-corrected chi connectivity index (χ0v) is 8.86. The fourth-order valence-electron chi connectivity index (χ4n) is 1.11. The van der Waals surface area contributed by atoms with Crippen LogP contribution in [0, 0.1) is 0 Å². The molecule has 1 fully saturated rings. The summed E-state index contributed by atoms with van der Waals surface area (Å²) in [5.41, 5.74) is 0. The van der Waals surface area contributed by atoms with Crippen molar-refractivity contribution >= 4 is 15.9 Å². The highest BCUT2D eigenvalue weighted by atomic mass is 79.9. The summed E-state index contributed by atoms with van der Waals surface area (Å²) < 4.78 is 6.41. The second-order valence-electron chi connectivity index (χ2n) is 2.76. The minimum Gasteiger partial charge on any atom is -0.381 e. The molecule has 0 aromatic carbocycles. The normalized spacial score (nSPS) is 25.2. The van der Waals surface area contributed by atoms with Crippen molar-refractivity contribution in [2.24, 2.45) is 0 Å². The Morgan fingerprint density at radius 2 is 2.42 bits per heavy atom. The maximum Gasteiger partial charge on any atom is 0.127 e. The van der Waals surface area contributed by atoms with Crippen LogP contribution < -0.4 is 10.6 Å². The highest BCUT2D eigenvalue weighted by Gasteiger charge is 2.10. The summed E-state index contributed by atoms with van der Waals surface area (Å²) in [7, 11) is 1.87. The summed E-state index contributed by atoms with van der Waals surface area (Å²) in [6, 6.07) is 0. The lowest BCUT2D eigenvalue weighted by molar-refractivity contribution is 0.00327. The highest BCUT2D eigenvalue weighted by molar-refractivity contribution is 9.11. The second-order valence-corrected chi connectivity index (χ2v) is 3.62. The maximum atomic E-state index is 5.47. The third-order valence-electron chi connectivity index (χ3n) is 1.81. The van der Waals surface area contributed by atoms with Crippen molar-refractivity contribution in [1.82, 2.24) is 10.6 Å². The van der Waals surface area contributed by atoms with Crippen LogP contribution >= 0.6 is 15.9 Å². The largest absolute Gasteiger partial charge is 0.381 e. The van der Waals surface area contributed by atoms with Gasteiger partial charge in [-0.25, -0.2) is 0 Å². The summed E-state index contributed by atoms with van der Waals surface area (Å²) in [6.45, 7) is 0.878. The molecule has 12 heavy (non-hydrogen) atoms. The summed E-state index contributed by atoms with van der Waals surface area (Å²) in [5, 5.41) is 6.14. The van der Waals surface area contributed by atoms with Gasteiger partial charge in [-0.15, -0.1) is 0 Å². The van der Waals surface area contributed by atoms with Crippen LogP contribution in [0.2, 0.25) is 0 Å². The van der Waals surface area contributed by atoms with Gasteiger partial charge in [0.15, 0.2) is 0 Å². The van der Waals surface area contributed by atoms with Crippen molar-refractivity contribution in [2.75, 3.05) is 13.7 Å². The Bertz CT molecular complexity index is 155. The molecule has 1 rings (SSSR count). The molecule has 1 saturated heterocycles. The molecule has 0 aromatic rings. The van der Waals surface area contributed by atoms with Gasteiger partial charge in [-0.2, -0.15) is 0 Å². The fraction of sp³-hybridized carbons (Fsp3) is 0.750. The van der Waals surface area contributed by atoms with Crippen molar-refractivity contribution in [1.29, 1.82) is 0 Å². The van der Waals surface area contributed by atoms with E-state index in [2.05, 4.69) is 26.6 Å². The van der Waals surface area contributed by atoms with Crippen molar-refractivity contribution in [3.63, 3.8) is 0 Å². The van der Waals surface area contributed by atoms with E-state index < -0.39 is 0 Å². The molecule has 0 saturated carbocycles. The number of hydrogen-bond donors (Lipinski definition) is 2. The lowest BCUT2D eigenvalue weighted by Gasteiger charge is -2.22. The minimum absolute atomic E-state index is 0.194. The summed E-state index contributed by atoms with van der Waals surface area (Å²) >= 11 is 3.34. The van der Waals surface area contributed by atoms with Crippen LogP contribution in [0.4, 0.5) is 0 Å². The van der Waals surface area contributed by atoms with E-state index in [1.54, 1.807) is 0 Å². The molecule has 1 heterocycles. The predicted octanol–water partition coefficient (Wildman–Crippen LogP) is 1.52. The third-order valence-corrected chi connectivity index (χ3v) is 2.44. The molecule has 0 bridgehead atoms. The van der Waals surface area contributed by atoms with Gasteiger partial charge >= 0.3 is 0 Å². The number of nitrogens with one attached hydrogen (secondary N) is 2. The van der Waals surface area contributed by atoms with E-state index in [4.69, 9.17) is 4.74 Å². The van der Waals surface area contributed by atoms with Crippen LogP contribution in [-0.2, 0) is 4.74 Å². The van der Waals surface area contributed by atoms with Gasteiger partial charge in [0.05, 0.1) is 4.61 Å². The summed E-state index contributed by atoms with van der Waals surface area (Å²) in [5.74, 6) is 0. The molecule has 0 amide bonds. The van der Waals surface area contributed by atoms with Crippen molar-refractivity contribution < 1.29 is 4.74 Å². The van der Waals surface area contributed by atoms with Crippen LogP contribution in [0.15, 0.2) is 10.8 Å². The highest BCUT2D eigenvalue weighted by Crippen LogP contribution is 2.10. The quantitative estimate of drug-likeness (QED) is 0.727. The molecule has 0 spiro atoms. The lowest BCUT2D eigenvalue weighted by Crippen LogP contribution is -2.31. The maximum absolute atomic E-state index is 5.47. The van der Waals surface area contributed by atoms with E-state index in [0.717, 1.165) is 17.6 Å². The zero-order valence-electron chi connectivity index (χ0n) is 7.27. The Morgan fingerprint density at radius 3 is 3.00 bits per heavy atom. The molecule has 4 heteroatoms. The van der Waals surface area contributed by atoms with Crippen LogP contribution in [0.5, 0.6) is 0 Å². The predicted molar refractivity (Wildman–Crippen MR) is 52.8 cm³/mol. The first-order valence-electron chi connectivity index (χ1n) is 4.24. The van der Waals surface area contributed by atoms with E-state index >= 15 is 0 Å². The molecule has 2 N–H and O–H groups in total. The van der Waals surface area contributed by atoms with Gasteiger partial charge < -0.3 is 15.4 Å². The first-order chi connectivity index (χ1) is 5.83. The molecule has 1 atom stereocenters. The van der Waals surface area contributed by atoms with Crippen molar-refractivity contribution in [2.45, 2.75) is 25.5 Å². The Balaban J connectivity index is 2.21. The van der Waals surface area contributed by atoms with Crippen LogP contribution in [0.1, 0.15) is 19.3 Å². The van der Waals surface area contributed by atoms with Gasteiger partial charge in [0.1, 0.15) is 6.23 Å². The molecule has 0 aliphatic carbocycles. The summed E-state index contributed by atoms with van der Waals surface area (Å²) in [6.07, 6.45) is 5.62. The Morgan fingerprint density at radius 1 is 1.58 bits per heavy atom. The number of ether oxygens (including phenoxy) is 1. The monoisotopic (exact) mass is 234 g/mol. The van der Waals surface area contributed by atoms with Crippen LogP contribution in [0.3, 0.4) is 0 Å². The number of halogens is 1. The minimum atomic E-state index is 0.194. The topological polar surface area (TPSA) is 33.3 Å². The van der Waals surface area contributed by atoms with E-state index in [0.29, 0.717) is 0 Å². The average molecular weight is 235 g/mol. The molecule has 1 unspecified atom stereocenters. The van der Waals surface area contributed by atoms with Gasteiger partial charge in [0, 0.05) is 19.9 Å². The molecular formula is C8H15BrN2O. The van der Waals surface area contributed by atoms with E-state index in [1.807, 2.05) is 13.2 Å². The SMILES string of the molecule is CN/C(Br)=C\NC1CCCCO1. The van der Waals surface area contributed by atoms with Crippen LogP contribution in [0.25, 0.3) is 0 Å². The Kier molecular flexibility index (Phi) is 4.46. The van der Waals surface area contributed by atoms with Crippen molar-refractivity contribution in [3.8, 4) is 0 Å². The molecule has 1 aliphatic heterocycles. The van der Waals surface area contributed by atoms with Gasteiger partial charge in [-0.1, -0.05) is 0 Å². The van der Waals surface area contributed by atoms with Gasteiger partial charge in [0.25, 0.3) is 0 Å². The molecular weight excluding hydrogens is 220 g/mol. The number of hydrogen-bond acceptors (Lipinski definition) is 3. The van der Waals surface area contributed by atoms with E-state index in [-0.39, 0.29) is 6.23 Å². The third kappa shape index (κ3) is 3.45. The fourth-order valence-corrected chi connectivity index (χ4v) is 1.24. The number of rotatable bonds is 3. The summed E-state index contributed by atoms with van der Waals surface area (Å²) in [4.78, 5) is 0. The van der Waals surface area contributed by atoms with Gasteiger partial charge in [0.2, 0.25) is 0 Å². The zero-order chi connectivity index (χ0) is 8.81. The average Bonchev–Trinajstić information content (AvgIpc) is 2.16. The molecule has 0 radical (unpaired) electrons. The van der Waals surface area contributed by atoms with Gasteiger partial charge in [-0.3, -0.25) is 0 Å². The second kappa shape index (κ2) is 5.43. The Labute approximate surface area is 81.7 Å². The van der Waals surface area contributed by atoms with Crippen LogP contribution in [-0.4, -0.2) is 19.9 Å². The smallest absolute Gasteiger partial charge is 0.127 e. The van der Waals surface area contributed by atoms with E-state index in [1.165, 1.54) is 12.8 Å². The Hall–Kier alpha value is -0.220. The van der Waals surface area contributed by atoms with Crippen molar-refractivity contribution in [3.05, 3.63) is 10.8 Å². The molecule has 0 aromatic heterocycles. The molecule has 3 nitrogen and oxygen atoms in total.